The van der Waals surface area contributed by atoms with E-state index in [2.05, 4.69) is 50.3 Å². The van der Waals surface area contributed by atoms with E-state index >= 15 is 0 Å². The summed E-state index contributed by atoms with van der Waals surface area (Å²) >= 11 is 0. The van der Waals surface area contributed by atoms with Gasteiger partial charge in [0.25, 0.3) is 0 Å². The number of esters is 1. The lowest BCUT2D eigenvalue weighted by Gasteiger charge is -2.38. The van der Waals surface area contributed by atoms with Gasteiger partial charge in [-0.25, -0.2) is 9.78 Å². The van der Waals surface area contributed by atoms with E-state index in [0.717, 1.165) is 62.5 Å². The molecular weight excluding hydrogens is 597 g/mol. The second-order valence-electron chi connectivity index (χ2n) is 11.3. The molecule has 232 valence electrons. The molecule has 46 heavy (non-hydrogen) atoms. The highest BCUT2D eigenvalue weighted by Crippen LogP contribution is 2.40. The van der Waals surface area contributed by atoms with Crippen LogP contribution in [-0.2, 0) is 28.3 Å². The third kappa shape index (κ3) is 5.68. The summed E-state index contributed by atoms with van der Waals surface area (Å²) in [5.74, 6) is -2.37. The average molecular weight is 625 g/mol. The van der Waals surface area contributed by atoms with Gasteiger partial charge in [-0.1, -0.05) is 59.7 Å². The van der Waals surface area contributed by atoms with Crippen LogP contribution < -0.4 is 10.5 Å². The Labute approximate surface area is 260 Å². The fourth-order valence-corrected chi connectivity index (χ4v) is 5.61. The molecule has 9 nitrogen and oxygen atoms in total. The van der Waals surface area contributed by atoms with Gasteiger partial charge in [0.1, 0.15) is 0 Å². The second-order valence-corrected chi connectivity index (χ2v) is 11.3. The smallest absolute Gasteiger partial charge is 0.384 e. The number of hydrogen-bond donors (Lipinski definition) is 1. The lowest BCUT2D eigenvalue weighted by Crippen LogP contribution is -2.43. The van der Waals surface area contributed by atoms with Crippen molar-refractivity contribution < 1.29 is 27.4 Å². The molecule has 4 aromatic heterocycles. The SMILES string of the molecule is NC1(c2ccc(-c3nc4ccnc(COCc5ccn6c(OC(=O)C(F)(F)F)nnc6c5)c4cc3-c3ccccc3)cc2)CCC1. The second kappa shape index (κ2) is 11.6. The molecule has 2 N–H and O–H groups in total. The third-order valence-electron chi connectivity index (χ3n) is 8.26. The predicted molar refractivity (Wildman–Crippen MR) is 163 cm³/mol. The Morgan fingerprint density at radius 1 is 0.935 bits per heavy atom. The Kier molecular flexibility index (Phi) is 7.46. The van der Waals surface area contributed by atoms with Crippen LogP contribution >= 0.6 is 0 Å². The topological polar surface area (TPSA) is 118 Å². The Balaban J connectivity index is 1.14. The quantitative estimate of drug-likeness (QED) is 0.190. The van der Waals surface area contributed by atoms with Crippen molar-refractivity contribution in [2.75, 3.05) is 0 Å². The number of nitrogens with zero attached hydrogens (tertiary/aromatic N) is 5. The summed E-state index contributed by atoms with van der Waals surface area (Å²) in [6, 6.07) is 25.0. The molecule has 0 spiro atoms. The zero-order chi connectivity index (χ0) is 31.9. The standard InChI is InChI=1S/C34H27F3N6O3/c35-34(36,37)31(44)46-32-42-41-29-17-21(12-16-43(29)32)19-45-20-28-26-18-25(22-5-2-1-3-6-22)30(40-27(26)11-15-39-28)23-7-9-24(10-8-23)33(38)13-4-14-33/h1-3,5-12,15-18H,4,13-14,19-20,38H2. The molecule has 1 fully saturated rings. The number of fused-ring (bicyclic) bond motifs is 2. The number of aromatic nitrogens is 5. The first-order chi connectivity index (χ1) is 22.2. The molecule has 2 aromatic carbocycles. The van der Waals surface area contributed by atoms with Crippen LogP contribution in [0, 0.1) is 0 Å². The van der Waals surface area contributed by atoms with E-state index in [1.165, 1.54) is 6.20 Å². The minimum atomic E-state index is -5.15. The number of carbonyl (C=O) groups excluding carboxylic acids is 1. The number of nitrogens with two attached hydrogens (primary N) is 1. The van der Waals surface area contributed by atoms with Gasteiger partial charge in [-0.2, -0.15) is 13.2 Å². The van der Waals surface area contributed by atoms with Crippen molar-refractivity contribution in [2.45, 2.75) is 44.2 Å². The van der Waals surface area contributed by atoms with Gasteiger partial charge in [-0.3, -0.25) is 9.38 Å². The molecule has 6 aromatic rings. The Bertz CT molecular complexity index is 2060. The van der Waals surface area contributed by atoms with Crippen LogP contribution in [0.4, 0.5) is 13.2 Å². The first-order valence-corrected chi connectivity index (χ1v) is 14.6. The number of ether oxygens (including phenoxy) is 2. The summed E-state index contributed by atoms with van der Waals surface area (Å²) in [6.45, 7) is 0.331. The minimum Gasteiger partial charge on any atom is -0.384 e. The Hall–Kier alpha value is -5.20. The molecule has 0 radical (unpaired) electrons. The molecule has 12 heteroatoms. The maximum absolute atomic E-state index is 12.6. The van der Waals surface area contributed by atoms with E-state index in [1.54, 1.807) is 18.3 Å². The van der Waals surface area contributed by atoms with Crippen molar-refractivity contribution in [3.8, 4) is 28.4 Å². The van der Waals surface area contributed by atoms with E-state index in [-0.39, 0.29) is 24.4 Å². The van der Waals surface area contributed by atoms with Crippen LogP contribution in [-0.4, -0.2) is 36.7 Å². The lowest BCUT2D eigenvalue weighted by molar-refractivity contribution is -0.190. The number of carbonyl (C=O) groups is 1. The van der Waals surface area contributed by atoms with Gasteiger partial charge in [0.2, 0.25) is 0 Å². The van der Waals surface area contributed by atoms with E-state index in [0.29, 0.717) is 11.3 Å². The zero-order valence-electron chi connectivity index (χ0n) is 24.4. The summed E-state index contributed by atoms with van der Waals surface area (Å²) in [5, 5.41) is 8.19. The first-order valence-electron chi connectivity index (χ1n) is 14.6. The first kappa shape index (κ1) is 29.5. The van der Waals surface area contributed by atoms with Crippen LogP contribution in [0.1, 0.15) is 36.1 Å². The van der Waals surface area contributed by atoms with E-state index < -0.39 is 18.2 Å². The van der Waals surface area contributed by atoms with Crippen molar-refractivity contribution in [3.05, 3.63) is 108 Å². The third-order valence-corrected chi connectivity index (χ3v) is 8.26. The van der Waals surface area contributed by atoms with Crippen LogP contribution in [0.15, 0.2) is 91.3 Å². The van der Waals surface area contributed by atoms with Gasteiger partial charge in [-0.15, -0.1) is 5.10 Å². The summed E-state index contributed by atoms with van der Waals surface area (Å²) in [5.41, 5.74) is 13.6. The molecule has 7 rings (SSSR count). The van der Waals surface area contributed by atoms with Crippen molar-refractivity contribution in [3.63, 3.8) is 0 Å². The zero-order valence-corrected chi connectivity index (χ0v) is 24.4. The van der Waals surface area contributed by atoms with Crippen LogP contribution in [0.2, 0.25) is 0 Å². The van der Waals surface area contributed by atoms with Gasteiger partial charge in [0.15, 0.2) is 5.65 Å². The Morgan fingerprint density at radius 2 is 1.72 bits per heavy atom. The van der Waals surface area contributed by atoms with Gasteiger partial charge >= 0.3 is 18.2 Å². The number of hydrogen-bond acceptors (Lipinski definition) is 8. The normalized spacial score (nSPS) is 14.3. The highest BCUT2D eigenvalue weighted by Gasteiger charge is 2.42. The molecule has 1 aliphatic carbocycles. The number of pyridine rings is 3. The van der Waals surface area contributed by atoms with Crippen LogP contribution in [0.5, 0.6) is 6.01 Å². The van der Waals surface area contributed by atoms with Crippen molar-refractivity contribution in [1.82, 2.24) is 24.6 Å². The molecular formula is C34H27F3N6O3. The number of rotatable bonds is 8. The van der Waals surface area contributed by atoms with Crippen molar-refractivity contribution >= 4 is 22.5 Å². The predicted octanol–water partition coefficient (Wildman–Crippen LogP) is 6.53. The Morgan fingerprint density at radius 3 is 2.43 bits per heavy atom. The highest BCUT2D eigenvalue weighted by molar-refractivity contribution is 5.92. The molecule has 0 saturated heterocycles. The molecule has 0 atom stereocenters. The maximum atomic E-state index is 12.6. The van der Waals surface area contributed by atoms with E-state index in [4.69, 9.17) is 15.5 Å². The minimum absolute atomic E-state index is 0.158. The van der Waals surface area contributed by atoms with Gasteiger partial charge in [-0.05, 0) is 60.2 Å². The van der Waals surface area contributed by atoms with Crippen molar-refractivity contribution in [2.24, 2.45) is 5.73 Å². The van der Waals surface area contributed by atoms with Gasteiger partial charge in [0.05, 0.1) is 30.1 Å². The summed E-state index contributed by atoms with van der Waals surface area (Å²) in [7, 11) is 0. The number of benzene rings is 2. The monoisotopic (exact) mass is 624 g/mol. The fourth-order valence-electron chi connectivity index (χ4n) is 5.61. The molecule has 1 aliphatic rings. The summed E-state index contributed by atoms with van der Waals surface area (Å²) in [4.78, 5) is 20.9. The average Bonchev–Trinajstić information content (AvgIpc) is 3.45. The summed E-state index contributed by atoms with van der Waals surface area (Å²) < 4.78 is 49.2. The molecule has 0 aliphatic heterocycles. The lowest BCUT2D eigenvalue weighted by atomic mass is 9.72. The number of halogens is 3. The largest absolute Gasteiger partial charge is 0.491 e. The van der Waals surface area contributed by atoms with Crippen LogP contribution in [0.25, 0.3) is 38.9 Å². The maximum Gasteiger partial charge on any atom is 0.491 e. The van der Waals surface area contributed by atoms with Crippen LogP contribution in [0.3, 0.4) is 0 Å². The van der Waals surface area contributed by atoms with E-state index in [9.17, 15) is 18.0 Å². The summed E-state index contributed by atoms with van der Waals surface area (Å²) in [6.07, 6.45) is 1.09. The fraction of sp³-hybridized carbons (Fsp3) is 0.206. The van der Waals surface area contributed by atoms with Crippen molar-refractivity contribution in [1.29, 1.82) is 0 Å². The number of alkyl halides is 3. The molecule has 0 unspecified atom stereocenters. The molecule has 0 bridgehead atoms. The molecule has 0 amide bonds. The highest BCUT2D eigenvalue weighted by atomic mass is 19.4. The van der Waals surface area contributed by atoms with Gasteiger partial charge in [0, 0.05) is 34.4 Å². The molecule has 1 saturated carbocycles. The van der Waals surface area contributed by atoms with E-state index in [1.807, 2.05) is 36.4 Å². The van der Waals surface area contributed by atoms with Gasteiger partial charge < -0.3 is 15.2 Å². The molecule has 4 heterocycles.